The minimum absolute atomic E-state index is 0.0772. The maximum atomic E-state index is 9.63. The fourth-order valence-corrected chi connectivity index (χ4v) is 4.24. The lowest BCUT2D eigenvalue weighted by molar-refractivity contribution is 0.263. The predicted molar refractivity (Wildman–Crippen MR) is 114 cm³/mol. The van der Waals surface area contributed by atoms with Crippen molar-refractivity contribution in [2.24, 2.45) is 5.92 Å². The number of aromatic nitrogens is 5. The van der Waals surface area contributed by atoms with Crippen molar-refractivity contribution < 1.29 is 5.11 Å². The Bertz CT molecular complexity index is 975. The summed E-state index contributed by atoms with van der Waals surface area (Å²) in [6.07, 6.45) is 7.98. The smallest absolute Gasteiger partial charge is 0.225 e. The molecule has 3 aromatic heterocycles. The number of hydrogen-bond acceptors (Lipinski definition) is 6. The average Bonchev–Trinajstić information content (AvgIpc) is 3.12. The quantitative estimate of drug-likeness (QED) is 0.689. The Labute approximate surface area is 171 Å². The Morgan fingerprint density at radius 3 is 2.62 bits per heavy atom. The van der Waals surface area contributed by atoms with Gasteiger partial charge in [0.15, 0.2) is 0 Å². The summed E-state index contributed by atoms with van der Waals surface area (Å²) in [5.41, 5.74) is 3.73. The first kappa shape index (κ1) is 19.8. The van der Waals surface area contributed by atoms with Gasteiger partial charge in [-0.15, -0.1) is 0 Å². The summed E-state index contributed by atoms with van der Waals surface area (Å²) in [6.45, 7) is 8.45. The van der Waals surface area contributed by atoms with Gasteiger partial charge in [-0.25, -0.2) is 15.0 Å². The number of pyridine rings is 1. The van der Waals surface area contributed by atoms with Crippen molar-refractivity contribution in [2.45, 2.75) is 59.1 Å². The molecule has 0 saturated carbocycles. The van der Waals surface area contributed by atoms with Crippen LogP contribution in [0.2, 0.25) is 0 Å². The molecular weight excluding hydrogens is 364 g/mol. The molecule has 0 spiro atoms. The molecule has 1 fully saturated rings. The van der Waals surface area contributed by atoms with Gasteiger partial charge in [-0.3, -0.25) is 4.98 Å². The Balaban J connectivity index is 1.56. The van der Waals surface area contributed by atoms with Crippen LogP contribution in [0.5, 0.6) is 0 Å². The highest BCUT2D eigenvalue weighted by molar-refractivity contribution is 5.75. The van der Waals surface area contributed by atoms with Gasteiger partial charge >= 0.3 is 0 Å². The maximum Gasteiger partial charge on any atom is 0.225 e. The molecule has 154 valence electrons. The van der Waals surface area contributed by atoms with Gasteiger partial charge in [0, 0.05) is 37.4 Å². The van der Waals surface area contributed by atoms with Crippen molar-refractivity contribution >= 4 is 17.0 Å². The summed E-state index contributed by atoms with van der Waals surface area (Å²) in [5, 5.41) is 9.63. The van der Waals surface area contributed by atoms with Crippen molar-refractivity contribution in [3.05, 3.63) is 41.7 Å². The van der Waals surface area contributed by atoms with Gasteiger partial charge in [0.25, 0.3) is 0 Å². The molecule has 0 atom stereocenters. The zero-order valence-corrected chi connectivity index (χ0v) is 17.5. The molecule has 1 aliphatic heterocycles. The van der Waals surface area contributed by atoms with E-state index < -0.39 is 0 Å². The van der Waals surface area contributed by atoms with Gasteiger partial charge in [-0.2, -0.15) is 0 Å². The molecule has 7 heteroatoms. The van der Waals surface area contributed by atoms with Crippen LogP contribution in [0.3, 0.4) is 0 Å². The van der Waals surface area contributed by atoms with Crippen LogP contribution in [-0.4, -0.2) is 42.7 Å². The van der Waals surface area contributed by atoms with Crippen LogP contribution >= 0.6 is 0 Å². The fourth-order valence-electron chi connectivity index (χ4n) is 4.24. The van der Waals surface area contributed by atoms with Gasteiger partial charge in [0.2, 0.25) is 5.95 Å². The third-order valence-corrected chi connectivity index (χ3v) is 5.90. The van der Waals surface area contributed by atoms with Gasteiger partial charge in [0.1, 0.15) is 17.9 Å². The highest BCUT2D eigenvalue weighted by Gasteiger charge is 2.20. The van der Waals surface area contributed by atoms with Crippen LogP contribution in [0.1, 0.15) is 63.3 Å². The van der Waals surface area contributed by atoms with Crippen LogP contribution in [0.15, 0.2) is 24.5 Å². The second kappa shape index (κ2) is 8.45. The molecular formula is C22H30N6O. The number of aliphatic hydroxyl groups is 1. The lowest BCUT2D eigenvalue weighted by atomic mass is 9.95. The first-order valence-corrected chi connectivity index (χ1v) is 10.6. The molecule has 1 N–H and O–H groups in total. The van der Waals surface area contributed by atoms with Crippen LogP contribution < -0.4 is 4.90 Å². The lowest BCUT2D eigenvalue weighted by Crippen LogP contribution is -2.34. The third-order valence-electron chi connectivity index (χ3n) is 5.90. The van der Waals surface area contributed by atoms with Gasteiger partial charge in [0.05, 0.1) is 17.4 Å². The Kier molecular flexibility index (Phi) is 5.76. The van der Waals surface area contributed by atoms with Crippen molar-refractivity contribution in [3.63, 3.8) is 0 Å². The second-order valence-electron chi connectivity index (χ2n) is 8.18. The van der Waals surface area contributed by atoms with E-state index in [-0.39, 0.29) is 12.6 Å². The first-order valence-electron chi connectivity index (χ1n) is 10.6. The van der Waals surface area contributed by atoms with Crippen LogP contribution in [-0.2, 0) is 13.0 Å². The molecule has 0 amide bonds. The summed E-state index contributed by atoms with van der Waals surface area (Å²) < 4.78 is 2.07. The lowest BCUT2D eigenvalue weighted by Gasteiger charge is -2.31. The number of nitrogens with zero attached hydrogens (tertiary/aromatic N) is 6. The summed E-state index contributed by atoms with van der Waals surface area (Å²) in [5.74, 6) is 2.33. The molecule has 0 aliphatic carbocycles. The Hall–Kier alpha value is -2.54. The minimum Gasteiger partial charge on any atom is -0.388 e. The van der Waals surface area contributed by atoms with E-state index in [9.17, 15) is 5.11 Å². The van der Waals surface area contributed by atoms with Crippen molar-refractivity contribution in [2.75, 3.05) is 18.0 Å². The third kappa shape index (κ3) is 4.10. The van der Waals surface area contributed by atoms with E-state index in [1.165, 1.54) is 19.3 Å². The second-order valence-corrected chi connectivity index (χ2v) is 8.18. The summed E-state index contributed by atoms with van der Waals surface area (Å²) >= 11 is 0. The molecule has 7 nitrogen and oxygen atoms in total. The molecule has 4 heterocycles. The predicted octanol–water partition coefficient (Wildman–Crippen LogP) is 3.51. The monoisotopic (exact) mass is 394 g/mol. The summed E-state index contributed by atoms with van der Waals surface area (Å²) in [7, 11) is 0. The average molecular weight is 395 g/mol. The van der Waals surface area contributed by atoms with Crippen LogP contribution in [0.4, 0.5) is 5.95 Å². The first-order chi connectivity index (χ1) is 14.1. The van der Waals surface area contributed by atoms with Crippen LogP contribution in [0.25, 0.3) is 11.0 Å². The SMILES string of the molecule is CCC1CCN(c2nccc(Cc3cc4c(cn3)nc(CO)n4C(C)C)n2)CC1. The van der Waals surface area contributed by atoms with E-state index >= 15 is 0 Å². The van der Waals surface area contributed by atoms with E-state index in [4.69, 9.17) is 4.98 Å². The minimum atomic E-state index is -0.0772. The molecule has 0 aromatic carbocycles. The van der Waals surface area contributed by atoms with Gasteiger partial charge in [-0.05, 0) is 44.7 Å². The van der Waals surface area contributed by atoms with E-state index in [1.807, 2.05) is 12.3 Å². The number of piperidine rings is 1. The Morgan fingerprint density at radius 2 is 1.93 bits per heavy atom. The van der Waals surface area contributed by atoms with E-state index in [0.29, 0.717) is 12.2 Å². The van der Waals surface area contributed by atoms with Crippen molar-refractivity contribution in [1.29, 1.82) is 0 Å². The molecule has 1 aliphatic rings. The molecule has 29 heavy (non-hydrogen) atoms. The highest BCUT2D eigenvalue weighted by atomic mass is 16.3. The van der Waals surface area contributed by atoms with E-state index in [2.05, 4.69) is 51.3 Å². The molecule has 4 rings (SSSR count). The summed E-state index contributed by atoms with van der Waals surface area (Å²) in [6, 6.07) is 4.25. The molecule has 0 bridgehead atoms. The fraction of sp³-hybridized carbons (Fsp3) is 0.545. The van der Waals surface area contributed by atoms with Gasteiger partial charge < -0.3 is 14.6 Å². The van der Waals surface area contributed by atoms with E-state index in [0.717, 1.165) is 47.4 Å². The highest BCUT2D eigenvalue weighted by Crippen LogP contribution is 2.24. The normalized spacial score (nSPS) is 15.6. The van der Waals surface area contributed by atoms with Crippen LogP contribution in [0, 0.1) is 5.92 Å². The number of anilines is 1. The number of fused-ring (bicyclic) bond motifs is 1. The topological polar surface area (TPSA) is 80.0 Å². The van der Waals surface area contributed by atoms with Gasteiger partial charge in [-0.1, -0.05) is 13.3 Å². The zero-order chi connectivity index (χ0) is 20.4. The van der Waals surface area contributed by atoms with Crippen molar-refractivity contribution in [3.8, 4) is 0 Å². The molecule has 0 radical (unpaired) electrons. The number of rotatable bonds is 6. The van der Waals surface area contributed by atoms with Crippen molar-refractivity contribution in [1.82, 2.24) is 24.5 Å². The molecule has 0 unspecified atom stereocenters. The number of imidazole rings is 1. The van der Waals surface area contributed by atoms with E-state index in [1.54, 1.807) is 6.20 Å². The standard InChI is InChI=1S/C22H30N6O/c1-4-16-6-9-27(10-7-16)22-23-8-5-17(25-22)11-18-12-20-19(13-24-18)26-21(14-29)28(20)15(2)3/h5,8,12-13,15-16,29H,4,6-7,9-11,14H2,1-3H3. The molecule has 1 saturated heterocycles. The maximum absolute atomic E-state index is 9.63. The number of aliphatic hydroxyl groups excluding tert-OH is 1. The summed E-state index contributed by atoms with van der Waals surface area (Å²) in [4.78, 5) is 20.7. The Morgan fingerprint density at radius 1 is 1.14 bits per heavy atom. The number of hydrogen-bond donors (Lipinski definition) is 1. The largest absolute Gasteiger partial charge is 0.388 e. The molecule has 3 aromatic rings. The zero-order valence-electron chi connectivity index (χ0n) is 17.5.